The van der Waals surface area contributed by atoms with Crippen LogP contribution >= 0.6 is 0 Å². The summed E-state index contributed by atoms with van der Waals surface area (Å²) in [5.74, 6) is 0.954. The highest BCUT2D eigenvalue weighted by Crippen LogP contribution is 2.25. The van der Waals surface area contributed by atoms with Gasteiger partial charge in [0.25, 0.3) is 0 Å². The Morgan fingerprint density at radius 2 is 2.08 bits per heavy atom. The second-order valence-electron chi connectivity index (χ2n) is 3.54. The van der Waals surface area contributed by atoms with E-state index in [1.165, 1.54) is 6.07 Å². The second-order valence-corrected chi connectivity index (χ2v) is 3.54. The van der Waals surface area contributed by atoms with Crippen LogP contribution in [0.5, 0.6) is 11.5 Å². The lowest BCUT2D eigenvalue weighted by Crippen LogP contribution is -2.43. The van der Waals surface area contributed by atoms with Crippen LogP contribution in [0.3, 0.4) is 0 Å². The summed E-state index contributed by atoms with van der Waals surface area (Å²) < 4.78 is 0. The van der Waals surface area contributed by atoms with Crippen molar-refractivity contribution >= 4 is 0 Å². The van der Waals surface area contributed by atoms with E-state index >= 15 is 0 Å². The van der Waals surface area contributed by atoms with Crippen molar-refractivity contribution in [3.05, 3.63) is 23.8 Å². The molecule has 1 fully saturated rings. The van der Waals surface area contributed by atoms with Gasteiger partial charge >= 0.3 is 0 Å². The molecule has 0 bridgehead atoms. The van der Waals surface area contributed by atoms with Gasteiger partial charge < -0.3 is 15.5 Å². The first-order valence-corrected chi connectivity index (χ1v) is 4.47. The molecule has 3 heteroatoms. The molecule has 0 atom stereocenters. The highest BCUT2D eigenvalue weighted by Gasteiger charge is 2.18. The highest BCUT2D eigenvalue weighted by atomic mass is 16.3. The van der Waals surface area contributed by atoms with Crippen LogP contribution in [0.15, 0.2) is 18.2 Å². The maximum Gasteiger partial charge on any atom is 0.122 e. The third-order valence-corrected chi connectivity index (χ3v) is 2.44. The largest absolute Gasteiger partial charge is 0.508 e. The molecule has 1 aliphatic rings. The number of phenols is 2. The minimum Gasteiger partial charge on any atom is -0.508 e. The number of phenolic OH excluding ortho intramolecular Hbond substituents is 2. The Kier molecular flexibility index (Phi) is 2.10. The Balaban J connectivity index is 2.10. The van der Waals surface area contributed by atoms with E-state index in [1.807, 2.05) is 0 Å². The average molecular weight is 179 g/mol. The van der Waals surface area contributed by atoms with E-state index in [-0.39, 0.29) is 11.5 Å². The zero-order valence-corrected chi connectivity index (χ0v) is 7.33. The molecule has 0 aromatic heterocycles. The molecule has 2 rings (SSSR count). The van der Waals surface area contributed by atoms with Crippen molar-refractivity contribution in [1.82, 2.24) is 5.32 Å². The van der Waals surface area contributed by atoms with Gasteiger partial charge in [-0.3, -0.25) is 0 Å². The van der Waals surface area contributed by atoms with Gasteiger partial charge in [-0.15, -0.1) is 0 Å². The molecule has 1 heterocycles. The van der Waals surface area contributed by atoms with E-state index in [4.69, 9.17) is 5.11 Å². The molecule has 1 aromatic carbocycles. The first-order chi connectivity index (χ1) is 6.25. The van der Waals surface area contributed by atoms with Gasteiger partial charge in [-0.2, -0.15) is 0 Å². The van der Waals surface area contributed by atoms with Crippen LogP contribution in [0.1, 0.15) is 5.56 Å². The Morgan fingerprint density at radius 1 is 1.31 bits per heavy atom. The molecule has 3 N–H and O–H groups in total. The highest BCUT2D eigenvalue weighted by molar-refractivity contribution is 5.39. The lowest BCUT2D eigenvalue weighted by atomic mass is 9.94. The van der Waals surface area contributed by atoms with Gasteiger partial charge in [-0.25, -0.2) is 0 Å². The maximum absolute atomic E-state index is 9.48. The van der Waals surface area contributed by atoms with Crippen molar-refractivity contribution < 1.29 is 10.2 Å². The quantitative estimate of drug-likeness (QED) is 0.631. The summed E-state index contributed by atoms with van der Waals surface area (Å²) in [6, 6.07) is 4.78. The van der Waals surface area contributed by atoms with Gasteiger partial charge in [0.2, 0.25) is 0 Å². The van der Waals surface area contributed by atoms with Gasteiger partial charge in [-0.1, -0.05) is 6.07 Å². The molecule has 0 saturated carbocycles. The van der Waals surface area contributed by atoms with E-state index in [9.17, 15) is 5.11 Å². The fourth-order valence-corrected chi connectivity index (χ4v) is 1.53. The molecular weight excluding hydrogens is 166 g/mol. The van der Waals surface area contributed by atoms with Crippen molar-refractivity contribution in [1.29, 1.82) is 0 Å². The van der Waals surface area contributed by atoms with Crippen molar-refractivity contribution in [2.75, 3.05) is 13.1 Å². The van der Waals surface area contributed by atoms with E-state index in [0.717, 1.165) is 25.1 Å². The molecule has 0 unspecified atom stereocenters. The van der Waals surface area contributed by atoms with Crippen LogP contribution in [-0.4, -0.2) is 23.3 Å². The molecule has 0 amide bonds. The van der Waals surface area contributed by atoms with E-state index in [1.54, 1.807) is 12.1 Å². The Morgan fingerprint density at radius 3 is 2.62 bits per heavy atom. The molecule has 13 heavy (non-hydrogen) atoms. The zero-order valence-electron chi connectivity index (χ0n) is 7.33. The van der Waals surface area contributed by atoms with Gasteiger partial charge in [0.05, 0.1) is 0 Å². The van der Waals surface area contributed by atoms with Crippen LogP contribution in [0.2, 0.25) is 0 Å². The Hall–Kier alpha value is -1.22. The molecule has 0 spiro atoms. The van der Waals surface area contributed by atoms with Crippen LogP contribution in [-0.2, 0) is 6.42 Å². The number of aromatic hydroxyl groups is 2. The van der Waals surface area contributed by atoms with Crippen molar-refractivity contribution in [2.24, 2.45) is 5.92 Å². The minimum atomic E-state index is 0.119. The van der Waals surface area contributed by atoms with Crippen molar-refractivity contribution in [3.8, 4) is 11.5 Å². The van der Waals surface area contributed by atoms with E-state index in [2.05, 4.69) is 5.32 Å². The predicted octanol–water partition coefficient (Wildman–Crippen LogP) is 0.860. The summed E-state index contributed by atoms with van der Waals surface area (Å²) in [7, 11) is 0. The fourth-order valence-electron chi connectivity index (χ4n) is 1.53. The van der Waals surface area contributed by atoms with Gasteiger partial charge in [-0.05, 0) is 37.1 Å². The van der Waals surface area contributed by atoms with Crippen LogP contribution in [0, 0.1) is 5.92 Å². The Labute approximate surface area is 77.0 Å². The standard InChI is InChI=1S/C10H13NO2/c12-9-2-1-8(10(13)4-9)3-7-5-11-6-7/h1-2,4,7,11-13H,3,5-6H2. The zero-order chi connectivity index (χ0) is 9.26. The first kappa shape index (κ1) is 8.38. The average Bonchev–Trinajstić information content (AvgIpc) is 1.99. The third kappa shape index (κ3) is 1.75. The fraction of sp³-hybridized carbons (Fsp3) is 0.400. The van der Waals surface area contributed by atoms with Crippen LogP contribution in [0.25, 0.3) is 0 Å². The number of nitrogens with one attached hydrogen (secondary N) is 1. The lowest BCUT2D eigenvalue weighted by Gasteiger charge is -2.27. The van der Waals surface area contributed by atoms with Crippen molar-refractivity contribution in [3.63, 3.8) is 0 Å². The summed E-state index contributed by atoms with van der Waals surface area (Å²) in [4.78, 5) is 0. The number of rotatable bonds is 2. The SMILES string of the molecule is Oc1ccc(CC2CNC2)c(O)c1. The Bertz CT molecular complexity index is 308. The molecule has 70 valence electrons. The minimum absolute atomic E-state index is 0.119. The lowest BCUT2D eigenvalue weighted by molar-refractivity contribution is 0.341. The molecule has 1 aliphatic heterocycles. The molecule has 0 aliphatic carbocycles. The molecule has 3 nitrogen and oxygen atoms in total. The molecule has 1 aromatic rings. The molecule has 0 radical (unpaired) electrons. The molecule has 1 saturated heterocycles. The number of benzene rings is 1. The normalized spacial score (nSPS) is 16.9. The monoisotopic (exact) mass is 179 g/mol. The maximum atomic E-state index is 9.48. The number of hydrogen-bond donors (Lipinski definition) is 3. The van der Waals surface area contributed by atoms with E-state index in [0.29, 0.717) is 5.92 Å². The van der Waals surface area contributed by atoms with Gasteiger partial charge in [0.15, 0.2) is 0 Å². The van der Waals surface area contributed by atoms with Gasteiger partial charge in [0, 0.05) is 6.07 Å². The summed E-state index contributed by atoms with van der Waals surface area (Å²) in [5.41, 5.74) is 0.921. The third-order valence-electron chi connectivity index (χ3n) is 2.44. The predicted molar refractivity (Wildman–Crippen MR) is 49.8 cm³/mol. The summed E-state index contributed by atoms with van der Waals surface area (Å²) in [5, 5.41) is 21.7. The summed E-state index contributed by atoms with van der Waals surface area (Å²) in [6.07, 6.45) is 0.888. The topological polar surface area (TPSA) is 52.5 Å². The van der Waals surface area contributed by atoms with Gasteiger partial charge in [0.1, 0.15) is 11.5 Å². The van der Waals surface area contributed by atoms with E-state index < -0.39 is 0 Å². The number of hydrogen-bond acceptors (Lipinski definition) is 3. The summed E-state index contributed by atoms with van der Waals surface area (Å²) >= 11 is 0. The van der Waals surface area contributed by atoms with Crippen molar-refractivity contribution in [2.45, 2.75) is 6.42 Å². The smallest absolute Gasteiger partial charge is 0.122 e. The second kappa shape index (κ2) is 3.26. The van der Waals surface area contributed by atoms with Crippen LogP contribution < -0.4 is 5.32 Å². The van der Waals surface area contributed by atoms with Crippen LogP contribution in [0.4, 0.5) is 0 Å². The first-order valence-electron chi connectivity index (χ1n) is 4.47. The molecular formula is C10H13NO2. The summed E-state index contributed by atoms with van der Waals surface area (Å²) in [6.45, 7) is 2.06.